The van der Waals surface area contributed by atoms with Crippen LogP contribution in [-0.4, -0.2) is 73.9 Å². The van der Waals surface area contributed by atoms with Gasteiger partial charge < -0.3 is 19.7 Å². The van der Waals surface area contributed by atoms with Gasteiger partial charge in [0.25, 0.3) is 0 Å². The Kier molecular flexibility index (Phi) is 3.51. The summed E-state index contributed by atoms with van der Waals surface area (Å²) in [4.78, 5) is 13.8. The molecule has 22 heavy (non-hydrogen) atoms. The number of carbonyl (C=O) groups excluding carboxylic acids is 1. The van der Waals surface area contributed by atoms with Gasteiger partial charge in [-0.3, -0.25) is 0 Å². The van der Waals surface area contributed by atoms with Gasteiger partial charge in [-0.2, -0.15) is 0 Å². The fourth-order valence-corrected chi connectivity index (χ4v) is 5.29. The van der Waals surface area contributed by atoms with Crippen LogP contribution >= 0.6 is 0 Å². The topological polar surface area (TPSA) is 84.9 Å². The molecule has 7 nitrogen and oxygen atoms in total. The molecule has 0 aromatic rings. The number of nitrogens with one attached hydrogen (secondary N) is 1. The molecule has 3 aliphatic rings. The molecule has 0 bridgehead atoms. The zero-order valence-electron chi connectivity index (χ0n) is 13.3. The van der Waals surface area contributed by atoms with Crippen LogP contribution in [0.5, 0.6) is 0 Å². The molecule has 3 rings (SSSR count). The summed E-state index contributed by atoms with van der Waals surface area (Å²) in [5.74, 6) is 0.289. The first kappa shape index (κ1) is 16.0. The highest BCUT2D eigenvalue weighted by Gasteiger charge is 2.55. The molecule has 0 unspecified atom stereocenters. The Balaban J connectivity index is 1.56. The first-order chi connectivity index (χ1) is 10.0. The first-order valence-corrected chi connectivity index (χ1v) is 9.42. The highest BCUT2D eigenvalue weighted by atomic mass is 32.2. The zero-order valence-corrected chi connectivity index (χ0v) is 14.2. The van der Waals surface area contributed by atoms with Crippen molar-refractivity contribution < 1.29 is 22.7 Å². The number of carbonyl (C=O) groups is 1. The molecular formula is C14H24N2O5S. The fourth-order valence-electron chi connectivity index (χ4n) is 3.32. The third-order valence-corrected chi connectivity index (χ3v) is 6.39. The quantitative estimate of drug-likeness (QED) is 0.680. The van der Waals surface area contributed by atoms with E-state index in [0.717, 1.165) is 6.42 Å². The van der Waals surface area contributed by atoms with Crippen molar-refractivity contribution in [1.29, 1.82) is 0 Å². The minimum Gasteiger partial charge on any atom is -0.444 e. The molecule has 3 fully saturated rings. The molecule has 0 saturated carbocycles. The minimum atomic E-state index is -2.90. The van der Waals surface area contributed by atoms with Gasteiger partial charge in [-0.15, -0.1) is 0 Å². The molecule has 0 aliphatic carbocycles. The van der Waals surface area contributed by atoms with E-state index in [-0.39, 0.29) is 17.6 Å². The summed E-state index contributed by atoms with van der Waals surface area (Å²) in [5, 5.41) is 3.35. The molecule has 126 valence electrons. The standard InChI is InChI=1S/C14H24N2O5S/c1-12(2,3)21-11(17)16-5-4-14(7-16)6-15-13(8-20-14)9-22(18,19)10-13/h15H,4-10H2,1-3H3/t14-/m1/s1. The number of hydrogen-bond donors (Lipinski definition) is 1. The number of amides is 1. The van der Waals surface area contributed by atoms with Crippen LogP contribution in [0.15, 0.2) is 0 Å². The average Bonchev–Trinajstić information content (AvgIpc) is 2.74. The van der Waals surface area contributed by atoms with Gasteiger partial charge in [0.15, 0.2) is 9.84 Å². The van der Waals surface area contributed by atoms with Crippen molar-refractivity contribution in [3.8, 4) is 0 Å². The van der Waals surface area contributed by atoms with Gasteiger partial charge in [-0.05, 0) is 27.2 Å². The maximum Gasteiger partial charge on any atom is 0.410 e. The number of sulfone groups is 1. The predicted molar refractivity (Wildman–Crippen MR) is 80.5 cm³/mol. The Labute approximate surface area is 131 Å². The van der Waals surface area contributed by atoms with E-state index in [9.17, 15) is 13.2 Å². The summed E-state index contributed by atoms with van der Waals surface area (Å²) in [6, 6.07) is 0. The van der Waals surface area contributed by atoms with Crippen LogP contribution in [0.25, 0.3) is 0 Å². The normalized spacial score (nSPS) is 33.0. The van der Waals surface area contributed by atoms with Gasteiger partial charge >= 0.3 is 6.09 Å². The Morgan fingerprint density at radius 1 is 1.32 bits per heavy atom. The van der Waals surface area contributed by atoms with Gasteiger partial charge in [0.1, 0.15) is 5.60 Å². The molecule has 1 atom stereocenters. The van der Waals surface area contributed by atoms with Crippen molar-refractivity contribution in [2.45, 2.75) is 43.9 Å². The molecule has 3 saturated heterocycles. The lowest BCUT2D eigenvalue weighted by atomic mass is 9.95. The monoisotopic (exact) mass is 332 g/mol. The number of nitrogens with zero attached hydrogens (tertiary/aromatic N) is 1. The van der Waals surface area contributed by atoms with E-state index in [0.29, 0.717) is 26.2 Å². The summed E-state index contributed by atoms with van der Waals surface area (Å²) < 4.78 is 34.2. The SMILES string of the molecule is CC(C)(C)OC(=O)N1CC[C@@]2(CNC3(CO2)CS(=O)(=O)C3)C1. The van der Waals surface area contributed by atoms with E-state index in [1.807, 2.05) is 20.8 Å². The first-order valence-electron chi connectivity index (χ1n) is 7.60. The molecule has 2 spiro atoms. The summed E-state index contributed by atoms with van der Waals surface area (Å²) in [7, 11) is -2.90. The highest BCUT2D eigenvalue weighted by Crippen LogP contribution is 2.35. The molecule has 0 aromatic carbocycles. The molecule has 1 N–H and O–H groups in total. The van der Waals surface area contributed by atoms with Crippen LogP contribution < -0.4 is 5.32 Å². The Morgan fingerprint density at radius 2 is 2.00 bits per heavy atom. The van der Waals surface area contributed by atoms with Crippen LogP contribution in [0.1, 0.15) is 27.2 Å². The van der Waals surface area contributed by atoms with Crippen LogP contribution in [-0.2, 0) is 19.3 Å². The minimum absolute atomic E-state index is 0.145. The maximum absolute atomic E-state index is 12.1. The molecular weight excluding hydrogens is 308 g/mol. The number of ether oxygens (including phenoxy) is 2. The van der Waals surface area contributed by atoms with Crippen molar-refractivity contribution in [3.63, 3.8) is 0 Å². The largest absolute Gasteiger partial charge is 0.444 e. The third kappa shape index (κ3) is 3.09. The van der Waals surface area contributed by atoms with Gasteiger partial charge in [0.2, 0.25) is 0 Å². The molecule has 1 amide bonds. The van der Waals surface area contributed by atoms with E-state index >= 15 is 0 Å². The molecule has 0 aromatic heterocycles. The highest BCUT2D eigenvalue weighted by molar-refractivity contribution is 7.93. The van der Waals surface area contributed by atoms with E-state index < -0.39 is 26.6 Å². The molecule has 8 heteroatoms. The Bertz CT molecular complexity index is 559. The van der Waals surface area contributed by atoms with Crippen molar-refractivity contribution >= 4 is 15.9 Å². The van der Waals surface area contributed by atoms with Gasteiger partial charge in [0.05, 0.1) is 35.8 Å². The summed E-state index contributed by atoms with van der Waals surface area (Å²) >= 11 is 0. The third-order valence-electron chi connectivity index (χ3n) is 4.40. The van der Waals surface area contributed by atoms with Crippen molar-refractivity contribution in [2.75, 3.05) is 37.7 Å². The Hall–Kier alpha value is -0.860. The predicted octanol–water partition coefficient (Wildman–Crippen LogP) is 0.153. The van der Waals surface area contributed by atoms with E-state index in [4.69, 9.17) is 9.47 Å². The van der Waals surface area contributed by atoms with Crippen LogP contribution in [0.3, 0.4) is 0 Å². The number of likely N-dealkylation sites (tertiary alicyclic amines) is 1. The number of morpholine rings is 1. The number of rotatable bonds is 0. The van der Waals surface area contributed by atoms with Crippen molar-refractivity contribution in [1.82, 2.24) is 10.2 Å². The maximum atomic E-state index is 12.1. The lowest BCUT2D eigenvalue weighted by molar-refractivity contribution is -0.0950. The lowest BCUT2D eigenvalue weighted by Gasteiger charge is -2.49. The Morgan fingerprint density at radius 3 is 2.50 bits per heavy atom. The van der Waals surface area contributed by atoms with Crippen molar-refractivity contribution in [3.05, 3.63) is 0 Å². The van der Waals surface area contributed by atoms with Crippen molar-refractivity contribution in [2.24, 2.45) is 0 Å². The second-order valence-corrected chi connectivity index (χ2v) is 9.85. The van der Waals surface area contributed by atoms with Crippen LogP contribution in [0.4, 0.5) is 4.79 Å². The van der Waals surface area contributed by atoms with E-state index in [1.165, 1.54) is 0 Å². The second kappa shape index (κ2) is 4.82. The number of hydrogen-bond acceptors (Lipinski definition) is 6. The summed E-state index contributed by atoms with van der Waals surface area (Å²) in [6.45, 7) is 7.57. The summed E-state index contributed by atoms with van der Waals surface area (Å²) in [5.41, 5.74) is -1.34. The molecule has 3 heterocycles. The molecule has 0 radical (unpaired) electrons. The van der Waals surface area contributed by atoms with Gasteiger partial charge in [0, 0.05) is 13.1 Å². The lowest BCUT2D eigenvalue weighted by Crippen LogP contribution is -2.73. The smallest absolute Gasteiger partial charge is 0.410 e. The fraction of sp³-hybridized carbons (Fsp3) is 0.929. The molecule has 3 aliphatic heterocycles. The second-order valence-electron chi connectivity index (χ2n) is 7.79. The average molecular weight is 332 g/mol. The van der Waals surface area contributed by atoms with Gasteiger partial charge in [-0.1, -0.05) is 0 Å². The van der Waals surface area contributed by atoms with Crippen LogP contribution in [0, 0.1) is 0 Å². The zero-order chi connectivity index (χ0) is 16.2. The van der Waals surface area contributed by atoms with E-state index in [1.54, 1.807) is 4.90 Å². The van der Waals surface area contributed by atoms with E-state index in [2.05, 4.69) is 5.32 Å². The van der Waals surface area contributed by atoms with Gasteiger partial charge in [-0.25, -0.2) is 13.2 Å². The van der Waals surface area contributed by atoms with Crippen LogP contribution in [0.2, 0.25) is 0 Å². The summed E-state index contributed by atoms with van der Waals surface area (Å²) in [6.07, 6.45) is 0.418.